The molecule has 0 saturated heterocycles. The van der Waals surface area contributed by atoms with Crippen LogP contribution in [-0.4, -0.2) is 46.4 Å². The van der Waals surface area contributed by atoms with Crippen molar-refractivity contribution in [2.45, 2.75) is 12.3 Å². The van der Waals surface area contributed by atoms with Gasteiger partial charge >= 0.3 is 0 Å². The van der Waals surface area contributed by atoms with Crippen LogP contribution in [0.2, 0.25) is 0 Å². The van der Waals surface area contributed by atoms with E-state index in [1.807, 2.05) is 12.1 Å². The third kappa shape index (κ3) is 2.60. The van der Waals surface area contributed by atoms with Gasteiger partial charge in [-0.1, -0.05) is 0 Å². The van der Waals surface area contributed by atoms with Crippen LogP contribution in [0.15, 0.2) is 18.2 Å². The molecule has 29 heavy (non-hydrogen) atoms. The lowest BCUT2D eigenvalue weighted by molar-refractivity contribution is 0.0934. The van der Waals surface area contributed by atoms with E-state index < -0.39 is 0 Å². The minimum absolute atomic E-state index is 0.0165. The van der Waals surface area contributed by atoms with Gasteiger partial charge in [-0.25, -0.2) is 0 Å². The zero-order valence-corrected chi connectivity index (χ0v) is 16.7. The number of aliphatic hydroxyl groups excluding tert-OH is 1. The van der Waals surface area contributed by atoms with E-state index in [2.05, 4.69) is 6.07 Å². The van der Waals surface area contributed by atoms with Crippen molar-refractivity contribution in [2.24, 2.45) is 11.8 Å². The van der Waals surface area contributed by atoms with Crippen molar-refractivity contribution in [1.29, 1.82) is 0 Å². The molecule has 7 nitrogen and oxygen atoms in total. The number of methoxy groups -OCH3 is 3. The van der Waals surface area contributed by atoms with Gasteiger partial charge in [-0.15, -0.1) is 0 Å². The molecule has 0 bridgehead atoms. The summed E-state index contributed by atoms with van der Waals surface area (Å²) in [6, 6.07) is 6.08. The molecule has 0 amide bonds. The summed E-state index contributed by atoms with van der Waals surface area (Å²) in [7, 11) is 4.78. The number of hydrogen-bond acceptors (Lipinski definition) is 7. The molecule has 3 aliphatic rings. The fraction of sp³-hybridized carbons (Fsp3) is 0.455. The van der Waals surface area contributed by atoms with Crippen molar-refractivity contribution in [1.82, 2.24) is 0 Å². The minimum atomic E-state index is 0.0165. The molecule has 0 fully saturated rings. The second-order valence-electron chi connectivity index (χ2n) is 7.57. The van der Waals surface area contributed by atoms with Gasteiger partial charge in [-0.2, -0.15) is 0 Å². The first-order chi connectivity index (χ1) is 14.2. The van der Waals surface area contributed by atoms with E-state index in [4.69, 9.17) is 28.4 Å². The maximum Gasteiger partial charge on any atom is 0.231 e. The molecule has 154 valence electrons. The Labute approximate surface area is 169 Å². The molecule has 2 aromatic carbocycles. The summed E-state index contributed by atoms with van der Waals surface area (Å²) in [6.07, 6.45) is 0.771. The third-order valence-corrected chi connectivity index (χ3v) is 6.29. The van der Waals surface area contributed by atoms with Crippen LogP contribution in [0.25, 0.3) is 0 Å². The molecule has 2 heterocycles. The lowest BCUT2D eigenvalue weighted by atomic mass is 9.65. The fourth-order valence-electron chi connectivity index (χ4n) is 4.94. The predicted octanol–water partition coefficient (Wildman–Crippen LogP) is 2.75. The Balaban J connectivity index is 1.74. The Kier molecular flexibility index (Phi) is 4.35. The average molecular weight is 400 g/mol. The second kappa shape index (κ2) is 6.91. The largest absolute Gasteiger partial charge is 0.493 e. The van der Waals surface area contributed by atoms with Crippen LogP contribution in [0.4, 0.5) is 0 Å². The molecule has 7 heteroatoms. The van der Waals surface area contributed by atoms with Crippen molar-refractivity contribution < 1.29 is 33.5 Å². The zero-order chi connectivity index (χ0) is 20.1. The molecule has 2 aromatic rings. The van der Waals surface area contributed by atoms with Gasteiger partial charge in [-0.3, -0.25) is 0 Å². The van der Waals surface area contributed by atoms with E-state index in [0.29, 0.717) is 29.6 Å². The van der Waals surface area contributed by atoms with Gasteiger partial charge in [0.1, 0.15) is 0 Å². The summed E-state index contributed by atoms with van der Waals surface area (Å²) in [5.74, 6) is 4.02. The van der Waals surface area contributed by atoms with Gasteiger partial charge in [0, 0.05) is 24.0 Å². The van der Waals surface area contributed by atoms with E-state index in [-0.39, 0.29) is 31.2 Å². The van der Waals surface area contributed by atoms with Crippen molar-refractivity contribution in [3.63, 3.8) is 0 Å². The monoisotopic (exact) mass is 400 g/mol. The topological polar surface area (TPSA) is 75.6 Å². The van der Waals surface area contributed by atoms with Crippen LogP contribution < -0.4 is 28.4 Å². The third-order valence-electron chi connectivity index (χ3n) is 6.29. The molecule has 0 radical (unpaired) electrons. The molecule has 1 aliphatic carbocycles. The van der Waals surface area contributed by atoms with Crippen molar-refractivity contribution in [2.75, 3.05) is 41.3 Å². The SMILES string of the molecule is COc1cc2c(c(OC)c1OC)OC[C@H]1[C@H](CO)Cc3cc4c(cc3[C@@H]21)OCO4. The van der Waals surface area contributed by atoms with E-state index in [1.54, 1.807) is 21.3 Å². The Morgan fingerprint density at radius 2 is 1.69 bits per heavy atom. The minimum Gasteiger partial charge on any atom is -0.493 e. The van der Waals surface area contributed by atoms with Gasteiger partial charge in [-0.05, 0) is 41.7 Å². The van der Waals surface area contributed by atoms with Gasteiger partial charge in [0.2, 0.25) is 18.3 Å². The quantitative estimate of drug-likeness (QED) is 0.846. The van der Waals surface area contributed by atoms with Crippen LogP contribution in [0, 0.1) is 11.8 Å². The van der Waals surface area contributed by atoms with Crippen LogP contribution in [0.3, 0.4) is 0 Å². The molecular formula is C22H24O7. The van der Waals surface area contributed by atoms with Crippen molar-refractivity contribution in [3.05, 3.63) is 34.9 Å². The molecule has 0 aromatic heterocycles. The highest BCUT2D eigenvalue weighted by Crippen LogP contribution is 2.57. The number of ether oxygens (including phenoxy) is 6. The summed E-state index contributed by atoms with van der Waals surface area (Å²) < 4.78 is 34.1. The van der Waals surface area contributed by atoms with Crippen molar-refractivity contribution in [3.8, 4) is 34.5 Å². The lowest BCUT2D eigenvalue weighted by Gasteiger charge is -2.43. The highest BCUT2D eigenvalue weighted by molar-refractivity contribution is 5.66. The van der Waals surface area contributed by atoms with Gasteiger partial charge < -0.3 is 33.5 Å². The molecule has 2 aliphatic heterocycles. The maximum absolute atomic E-state index is 10.1. The maximum atomic E-state index is 10.1. The van der Waals surface area contributed by atoms with Crippen LogP contribution >= 0.6 is 0 Å². The molecule has 3 atom stereocenters. The summed E-state index contributed by atoms with van der Waals surface area (Å²) in [4.78, 5) is 0. The first kappa shape index (κ1) is 18.2. The van der Waals surface area contributed by atoms with Gasteiger partial charge in [0.15, 0.2) is 23.0 Å². The Morgan fingerprint density at radius 1 is 0.931 bits per heavy atom. The molecule has 0 spiro atoms. The van der Waals surface area contributed by atoms with E-state index in [0.717, 1.165) is 29.0 Å². The predicted molar refractivity (Wildman–Crippen MR) is 104 cm³/mol. The standard InChI is InChI=1S/C22H24O7/c1-24-18-7-14-19-13-6-17-16(28-10-29-17)5-11(13)4-12(8-23)15(19)9-27-20(14)22(26-3)21(18)25-2/h5-7,12,15,19,23H,4,8-10H2,1-3H3/t12-,15-,19-/m0/s1. The van der Waals surface area contributed by atoms with E-state index in [9.17, 15) is 5.11 Å². The molecule has 0 saturated carbocycles. The summed E-state index contributed by atoms with van der Waals surface area (Å²) in [5, 5.41) is 10.1. The summed E-state index contributed by atoms with van der Waals surface area (Å²) in [5.41, 5.74) is 3.30. The molecular weight excluding hydrogens is 376 g/mol. The van der Waals surface area contributed by atoms with Gasteiger partial charge in [0.25, 0.3) is 0 Å². The zero-order valence-electron chi connectivity index (χ0n) is 16.7. The number of hydrogen-bond donors (Lipinski definition) is 1. The fourth-order valence-corrected chi connectivity index (χ4v) is 4.94. The molecule has 1 N–H and O–H groups in total. The number of aliphatic hydroxyl groups is 1. The lowest BCUT2D eigenvalue weighted by Crippen LogP contribution is -2.39. The Bertz CT molecular complexity index is 955. The van der Waals surface area contributed by atoms with E-state index in [1.165, 1.54) is 5.56 Å². The normalized spacial score (nSPS) is 23.4. The first-order valence-corrected chi connectivity index (χ1v) is 9.69. The number of fused-ring (bicyclic) bond motifs is 6. The first-order valence-electron chi connectivity index (χ1n) is 9.69. The average Bonchev–Trinajstić information content (AvgIpc) is 3.22. The highest BCUT2D eigenvalue weighted by atomic mass is 16.7. The molecule has 0 unspecified atom stereocenters. The van der Waals surface area contributed by atoms with Gasteiger partial charge in [0.05, 0.1) is 27.9 Å². The Morgan fingerprint density at radius 3 is 2.38 bits per heavy atom. The Hall–Kier alpha value is -2.80. The second-order valence-corrected chi connectivity index (χ2v) is 7.57. The number of benzene rings is 2. The summed E-state index contributed by atoms with van der Waals surface area (Å²) >= 11 is 0. The van der Waals surface area contributed by atoms with Crippen molar-refractivity contribution >= 4 is 0 Å². The molecule has 5 rings (SSSR count). The smallest absolute Gasteiger partial charge is 0.231 e. The number of rotatable bonds is 4. The van der Waals surface area contributed by atoms with Crippen LogP contribution in [0.1, 0.15) is 22.6 Å². The van der Waals surface area contributed by atoms with Crippen LogP contribution in [0.5, 0.6) is 34.5 Å². The summed E-state index contributed by atoms with van der Waals surface area (Å²) in [6.45, 7) is 0.815. The van der Waals surface area contributed by atoms with Crippen LogP contribution in [-0.2, 0) is 6.42 Å². The van der Waals surface area contributed by atoms with E-state index >= 15 is 0 Å². The highest BCUT2D eigenvalue weighted by Gasteiger charge is 2.44.